The normalized spacial score (nSPS) is 9.78. The van der Waals surface area contributed by atoms with Crippen LogP contribution >= 0.6 is 0 Å². The molecule has 1 aliphatic rings. The number of hydrogen-bond acceptors (Lipinski definition) is 0. The minimum Gasteiger partial charge on any atom is -1.00 e. The van der Waals surface area contributed by atoms with Crippen LogP contribution in [0.3, 0.4) is 0 Å². The molecule has 0 spiro atoms. The molecule has 0 radical (unpaired) electrons. The van der Waals surface area contributed by atoms with Crippen molar-refractivity contribution in [2.75, 3.05) is 0 Å². The minimum absolute atomic E-state index is 0. The molecule has 0 heterocycles. The summed E-state index contributed by atoms with van der Waals surface area (Å²) in [6.07, 6.45) is 2.21. The molecule has 0 saturated carbocycles. The molecule has 0 fully saturated rings. The number of aryl methyl sites for hydroxylation is 1. The van der Waals surface area contributed by atoms with Gasteiger partial charge < -0.3 is 24.8 Å². The number of rotatable bonds is 1. The van der Waals surface area contributed by atoms with E-state index in [1.54, 1.807) is 0 Å². The Morgan fingerprint density at radius 2 is 1.57 bits per heavy atom. The number of halogens is 2. The first-order valence-electron chi connectivity index (χ1n) is 7.17. The van der Waals surface area contributed by atoms with E-state index in [0.29, 0.717) is 0 Å². The molecule has 0 nitrogen and oxygen atoms in total. The third kappa shape index (κ3) is 5.29. The predicted molar refractivity (Wildman–Crippen MR) is 84.9 cm³/mol. The van der Waals surface area contributed by atoms with Crippen LogP contribution in [0.1, 0.15) is 23.6 Å². The molecule has 3 aromatic rings. The van der Waals surface area contributed by atoms with Crippen LogP contribution in [0.15, 0.2) is 66.7 Å². The van der Waals surface area contributed by atoms with Crippen molar-refractivity contribution in [3.05, 3.63) is 89.5 Å². The Hall–Kier alpha value is -0.916. The maximum absolute atomic E-state index is 3.30. The maximum atomic E-state index is 3.30. The molecular formula is C20H18Cl2Ti. The van der Waals surface area contributed by atoms with Crippen LogP contribution < -0.4 is 24.8 Å². The summed E-state index contributed by atoms with van der Waals surface area (Å²) in [5.41, 5.74) is 6.94. The zero-order chi connectivity index (χ0) is 13.8. The molecule has 3 aromatic carbocycles. The Morgan fingerprint density at radius 3 is 2.22 bits per heavy atom. The molecule has 116 valence electrons. The van der Waals surface area contributed by atoms with Gasteiger partial charge in [0, 0.05) is 0 Å². The second-order valence-corrected chi connectivity index (χ2v) is 5.04. The van der Waals surface area contributed by atoms with E-state index in [0.717, 1.165) is 12.8 Å². The first kappa shape index (κ1) is 22.1. The van der Waals surface area contributed by atoms with Crippen molar-refractivity contribution in [1.29, 1.82) is 0 Å². The Morgan fingerprint density at radius 1 is 0.913 bits per heavy atom. The van der Waals surface area contributed by atoms with Crippen LogP contribution in [0, 0.1) is 6.07 Å². The molecule has 0 N–H and O–H groups in total. The van der Waals surface area contributed by atoms with E-state index in [2.05, 4.69) is 73.7 Å². The van der Waals surface area contributed by atoms with Gasteiger partial charge in [-0.15, -0.1) is 5.56 Å². The monoisotopic (exact) mass is 376 g/mol. The van der Waals surface area contributed by atoms with Gasteiger partial charge in [-0.2, -0.15) is 47.5 Å². The van der Waals surface area contributed by atoms with Gasteiger partial charge in [0.2, 0.25) is 0 Å². The molecule has 0 aromatic heterocycles. The maximum Gasteiger partial charge on any atom is 4.00 e. The molecule has 0 aliphatic heterocycles. The van der Waals surface area contributed by atoms with Crippen LogP contribution in [0.2, 0.25) is 0 Å². The summed E-state index contributed by atoms with van der Waals surface area (Å²) in [6, 6.07) is 26.5. The number of hydrogen-bond donors (Lipinski definition) is 0. The summed E-state index contributed by atoms with van der Waals surface area (Å²) in [7, 11) is 0. The molecule has 4 rings (SSSR count). The van der Waals surface area contributed by atoms with E-state index in [1.165, 1.54) is 27.8 Å². The largest absolute Gasteiger partial charge is 4.00 e. The average molecular weight is 377 g/mol. The van der Waals surface area contributed by atoms with E-state index < -0.39 is 0 Å². The second kappa shape index (κ2) is 10.8. The zero-order valence-electron chi connectivity index (χ0n) is 13.0. The van der Waals surface area contributed by atoms with Crippen molar-refractivity contribution in [1.82, 2.24) is 0 Å². The van der Waals surface area contributed by atoms with Gasteiger partial charge in [-0.1, -0.05) is 48.7 Å². The van der Waals surface area contributed by atoms with Crippen LogP contribution in [-0.4, -0.2) is 0 Å². The Balaban J connectivity index is 0.000000426. The van der Waals surface area contributed by atoms with E-state index in [4.69, 9.17) is 0 Å². The molecule has 1 aliphatic carbocycles. The van der Waals surface area contributed by atoms with Gasteiger partial charge in [-0.25, -0.2) is 12.1 Å². The predicted octanol–water partition coefficient (Wildman–Crippen LogP) is -0.969. The second-order valence-electron chi connectivity index (χ2n) is 5.04. The number of benzene rings is 2. The fourth-order valence-electron chi connectivity index (χ4n) is 2.65. The topological polar surface area (TPSA) is 0 Å². The first-order chi connectivity index (χ1) is 9.88. The van der Waals surface area contributed by atoms with Gasteiger partial charge >= 0.3 is 21.7 Å². The Bertz CT molecular complexity index is 647. The molecular weight excluding hydrogens is 359 g/mol. The molecule has 3 heteroatoms. The Kier molecular flexibility index (Phi) is 10.4. The summed E-state index contributed by atoms with van der Waals surface area (Å²) in [6.45, 7) is 2.16. The van der Waals surface area contributed by atoms with Crippen molar-refractivity contribution in [2.45, 2.75) is 19.8 Å². The van der Waals surface area contributed by atoms with Crippen molar-refractivity contribution >= 4 is 0 Å². The molecule has 0 atom stereocenters. The number of fused-ring (bicyclic) bond motifs is 3. The smallest absolute Gasteiger partial charge is 1.00 e. The third-order valence-corrected chi connectivity index (χ3v) is 3.76. The fraction of sp³-hybridized carbons (Fsp3) is 0.150. The summed E-state index contributed by atoms with van der Waals surface area (Å²) in [5, 5.41) is 0. The van der Waals surface area contributed by atoms with Crippen LogP contribution in [0.5, 0.6) is 0 Å². The van der Waals surface area contributed by atoms with Gasteiger partial charge in [0.15, 0.2) is 0 Å². The summed E-state index contributed by atoms with van der Waals surface area (Å²) < 4.78 is 0. The third-order valence-electron chi connectivity index (χ3n) is 3.76. The fourth-order valence-corrected chi connectivity index (χ4v) is 2.65. The molecule has 0 bridgehead atoms. The standard InChI is InChI=1S/C13H9.C7H9.2ClH.Ti/c1-3-7-12-10(5-1)9-11-6-2-4-8-13(11)12;1-2-7-5-3-4-6-7;;;/h1-5,7-8H,9H2;3-6H,2H2,1H3;2*1H;/q2*-1;;;+4/p-2. The molecule has 0 unspecified atom stereocenters. The van der Waals surface area contributed by atoms with Gasteiger partial charge in [-0.05, 0) is 6.42 Å². The summed E-state index contributed by atoms with van der Waals surface area (Å²) in [5.74, 6) is 0. The van der Waals surface area contributed by atoms with E-state index in [1.807, 2.05) is 6.07 Å². The van der Waals surface area contributed by atoms with Gasteiger partial charge in [0.05, 0.1) is 0 Å². The van der Waals surface area contributed by atoms with Crippen molar-refractivity contribution in [2.24, 2.45) is 0 Å². The SMILES string of the molecule is CC[c-]1cccc1.[Cl-].[Cl-].[Ti+4].[c-]1cccc2c1Cc1ccccc1-2. The van der Waals surface area contributed by atoms with Crippen LogP contribution in [0.4, 0.5) is 0 Å². The van der Waals surface area contributed by atoms with Gasteiger partial charge in [-0.3, -0.25) is 0 Å². The molecule has 23 heavy (non-hydrogen) atoms. The average Bonchev–Trinajstić information content (AvgIpc) is 3.15. The van der Waals surface area contributed by atoms with Crippen LogP contribution in [0.25, 0.3) is 11.1 Å². The van der Waals surface area contributed by atoms with Crippen LogP contribution in [-0.2, 0) is 34.6 Å². The van der Waals surface area contributed by atoms with Crippen molar-refractivity contribution < 1.29 is 46.5 Å². The first-order valence-corrected chi connectivity index (χ1v) is 7.17. The van der Waals surface area contributed by atoms with Crippen molar-refractivity contribution in [3.63, 3.8) is 0 Å². The van der Waals surface area contributed by atoms with Gasteiger partial charge in [0.1, 0.15) is 0 Å². The van der Waals surface area contributed by atoms with E-state index in [9.17, 15) is 0 Å². The quantitative estimate of drug-likeness (QED) is 0.296. The van der Waals surface area contributed by atoms with Crippen molar-refractivity contribution in [3.8, 4) is 11.1 Å². The van der Waals surface area contributed by atoms with E-state index >= 15 is 0 Å². The Labute approximate surface area is 166 Å². The minimum atomic E-state index is 0. The summed E-state index contributed by atoms with van der Waals surface area (Å²) >= 11 is 0. The molecule has 0 amide bonds. The van der Waals surface area contributed by atoms with Gasteiger partial charge in [0.25, 0.3) is 0 Å². The summed E-state index contributed by atoms with van der Waals surface area (Å²) in [4.78, 5) is 0. The zero-order valence-corrected chi connectivity index (χ0v) is 16.1. The molecule has 0 saturated heterocycles. The van der Waals surface area contributed by atoms with E-state index in [-0.39, 0.29) is 46.5 Å².